The van der Waals surface area contributed by atoms with E-state index >= 15 is 0 Å². The fraction of sp³-hybridized carbons (Fsp3) is 0.538. The number of halogens is 1. The van der Waals surface area contributed by atoms with Gasteiger partial charge in [-0.1, -0.05) is 19.6 Å². The third-order valence-electron chi connectivity index (χ3n) is 3.01. The van der Waals surface area contributed by atoms with E-state index in [4.69, 9.17) is 4.74 Å². The number of ether oxygens (including phenoxy) is 1. The first-order chi connectivity index (χ1) is 8.88. The lowest BCUT2D eigenvalue weighted by Crippen LogP contribution is -2.22. The Kier molecular flexibility index (Phi) is 4.42. The molecular weight excluding hydrogens is 322 g/mol. The number of aromatic nitrogens is 3. The van der Waals surface area contributed by atoms with Crippen molar-refractivity contribution in [1.29, 1.82) is 0 Å². The first-order valence-electron chi connectivity index (χ1n) is 6.44. The molecule has 104 valence electrons. The fourth-order valence-electron chi connectivity index (χ4n) is 1.82. The molecule has 0 bridgehead atoms. The van der Waals surface area contributed by atoms with Gasteiger partial charge in [-0.3, -0.25) is 0 Å². The molecule has 0 spiro atoms. The van der Waals surface area contributed by atoms with Gasteiger partial charge >= 0.3 is 0 Å². The smallest absolute Gasteiger partial charge is 0.161 e. The van der Waals surface area contributed by atoms with E-state index in [1.807, 2.05) is 16.9 Å². The standard InChI is InChI=1S/C13H20BrN3OSi/c1-10-5-6-15-13-11(10)12(14)16-17(13)9-18-7-8-19(2,3)4/h5-6H,7-9H2,1-4H3. The van der Waals surface area contributed by atoms with Gasteiger partial charge in [0.05, 0.1) is 5.39 Å². The van der Waals surface area contributed by atoms with Gasteiger partial charge in [-0.05, 0) is 40.5 Å². The minimum absolute atomic E-state index is 0.461. The summed E-state index contributed by atoms with van der Waals surface area (Å²) >= 11 is 3.49. The molecule has 0 radical (unpaired) electrons. The number of nitrogens with zero attached hydrogens (tertiary/aromatic N) is 3. The topological polar surface area (TPSA) is 39.9 Å². The minimum atomic E-state index is -1.03. The molecule has 0 fully saturated rings. The molecule has 0 amide bonds. The summed E-state index contributed by atoms with van der Waals surface area (Å²) in [7, 11) is -1.03. The second-order valence-corrected chi connectivity index (χ2v) is 12.3. The molecule has 19 heavy (non-hydrogen) atoms. The van der Waals surface area contributed by atoms with Crippen molar-refractivity contribution in [2.45, 2.75) is 39.3 Å². The fourth-order valence-corrected chi connectivity index (χ4v) is 3.26. The zero-order chi connectivity index (χ0) is 14.0. The molecule has 2 heterocycles. The van der Waals surface area contributed by atoms with Crippen molar-refractivity contribution in [3.8, 4) is 0 Å². The maximum Gasteiger partial charge on any atom is 0.161 e. The zero-order valence-corrected chi connectivity index (χ0v) is 14.5. The molecule has 0 aliphatic rings. The quantitative estimate of drug-likeness (QED) is 0.613. The van der Waals surface area contributed by atoms with Crippen LogP contribution < -0.4 is 0 Å². The summed E-state index contributed by atoms with van der Waals surface area (Å²) < 4.78 is 8.38. The molecule has 4 nitrogen and oxygen atoms in total. The van der Waals surface area contributed by atoms with Crippen LogP contribution in [-0.4, -0.2) is 29.4 Å². The average molecular weight is 342 g/mol. The SMILES string of the molecule is Cc1ccnc2c1c(Br)nn2COCC[Si](C)(C)C. The summed E-state index contributed by atoms with van der Waals surface area (Å²) in [6, 6.07) is 3.16. The first kappa shape index (κ1) is 14.7. The van der Waals surface area contributed by atoms with Crippen LogP contribution >= 0.6 is 15.9 Å². The normalized spacial score (nSPS) is 12.3. The van der Waals surface area contributed by atoms with E-state index in [9.17, 15) is 0 Å². The molecule has 0 unspecified atom stereocenters. The van der Waals surface area contributed by atoms with Crippen molar-refractivity contribution < 1.29 is 4.74 Å². The Labute approximate surface area is 123 Å². The third-order valence-corrected chi connectivity index (χ3v) is 5.27. The average Bonchev–Trinajstić information content (AvgIpc) is 2.62. The maximum atomic E-state index is 5.73. The van der Waals surface area contributed by atoms with Gasteiger partial charge in [0.25, 0.3) is 0 Å². The van der Waals surface area contributed by atoms with Gasteiger partial charge < -0.3 is 4.74 Å². The van der Waals surface area contributed by atoms with Gasteiger partial charge in [0.15, 0.2) is 5.65 Å². The van der Waals surface area contributed by atoms with Crippen LogP contribution in [0.15, 0.2) is 16.9 Å². The molecule has 2 aromatic rings. The molecule has 0 aliphatic heterocycles. The molecule has 6 heteroatoms. The molecule has 0 atom stereocenters. The van der Waals surface area contributed by atoms with E-state index in [0.29, 0.717) is 6.73 Å². The molecule has 0 aromatic carbocycles. The van der Waals surface area contributed by atoms with E-state index in [2.05, 4.69) is 52.6 Å². The summed E-state index contributed by atoms with van der Waals surface area (Å²) in [6.07, 6.45) is 1.81. The third kappa shape index (κ3) is 3.64. The maximum absolute atomic E-state index is 5.73. The Morgan fingerprint density at radius 3 is 2.79 bits per heavy atom. The highest BCUT2D eigenvalue weighted by molar-refractivity contribution is 9.10. The highest BCUT2D eigenvalue weighted by atomic mass is 79.9. The van der Waals surface area contributed by atoms with Crippen LogP contribution in [0.25, 0.3) is 11.0 Å². The van der Waals surface area contributed by atoms with Crippen molar-refractivity contribution in [2.24, 2.45) is 0 Å². The largest absolute Gasteiger partial charge is 0.359 e. The highest BCUT2D eigenvalue weighted by Crippen LogP contribution is 2.24. The van der Waals surface area contributed by atoms with Crippen molar-refractivity contribution in [3.05, 3.63) is 22.4 Å². The summed E-state index contributed by atoms with van der Waals surface area (Å²) in [5, 5.41) is 5.51. The molecule has 0 aliphatic carbocycles. The van der Waals surface area contributed by atoms with E-state index in [0.717, 1.165) is 22.2 Å². The molecule has 0 N–H and O–H groups in total. The molecule has 2 rings (SSSR count). The predicted octanol–water partition coefficient (Wildman–Crippen LogP) is 3.81. The second-order valence-electron chi connectivity index (χ2n) is 5.96. The summed E-state index contributed by atoms with van der Waals surface area (Å²) in [4.78, 5) is 4.39. The number of aryl methyl sites for hydroxylation is 1. The molecular formula is C13H20BrN3OSi. The summed E-state index contributed by atoms with van der Waals surface area (Å²) in [5.74, 6) is 0. The van der Waals surface area contributed by atoms with Gasteiger partial charge in [0, 0.05) is 20.9 Å². The van der Waals surface area contributed by atoms with E-state index < -0.39 is 8.07 Å². The molecule has 0 saturated carbocycles. The van der Waals surface area contributed by atoms with Crippen LogP contribution in [0, 0.1) is 6.92 Å². The van der Waals surface area contributed by atoms with Gasteiger partial charge in [-0.15, -0.1) is 0 Å². The van der Waals surface area contributed by atoms with Gasteiger partial charge in [-0.25, -0.2) is 9.67 Å². The Hall–Kier alpha value is -0.723. The Bertz CT molecular complexity index is 577. The lowest BCUT2D eigenvalue weighted by Gasteiger charge is -2.15. The van der Waals surface area contributed by atoms with Crippen LogP contribution in [0.3, 0.4) is 0 Å². The van der Waals surface area contributed by atoms with Crippen LogP contribution in [0.2, 0.25) is 25.7 Å². The van der Waals surface area contributed by atoms with Gasteiger partial charge in [-0.2, -0.15) is 5.10 Å². The van der Waals surface area contributed by atoms with E-state index in [1.165, 1.54) is 11.6 Å². The summed E-state index contributed by atoms with van der Waals surface area (Å²) in [6.45, 7) is 10.4. The molecule has 2 aromatic heterocycles. The molecule has 0 saturated heterocycles. The first-order valence-corrected chi connectivity index (χ1v) is 10.9. The zero-order valence-electron chi connectivity index (χ0n) is 11.9. The number of pyridine rings is 1. The monoisotopic (exact) mass is 341 g/mol. The van der Waals surface area contributed by atoms with Crippen LogP contribution in [-0.2, 0) is 11.5 Å². The van der Waals surface area contributed by atoms with E-state index in [-0.39, 0.29) is 0 Å². The van der Waals surface area contributed by atoms with Crippen LogP contribution in [0.1, 0.15) is 5.56 Å². The van der Waals surface area contributed by atoms with Crippen molar-refractivity contribution in [3.63, 3.8) is 0 Å². The van der Waals surface area contributed by atoms with Gasteiger partial charge in [0.1, 0.15) is 11.3 Å². The lowest BCUT2D eigenvalue weighted by atomic mass is 10.2. The number of rotatable bonds is 5. The minimum Gasteiger partial charge on any atom is -0.359 e. The summed E-state index contributed by atoms with van der Waals surface area (Å²) in [5.41, 5.74) is 2.05. The van der Waals surface area contributed by atoms with Crippen LogP contribution in [0.4, 0.5) is 0 Å². The number of hydrogen-bond donors (Lipinski definition) is 0. The van der Waals surface area contributed by atoms with Gasteiger partial charge in [0.2, 0.25) is 0 Å². The Morgan fingerprint density at radius 1 is 1.37 bits per heavy atom. The number of hydrogen-bond acceptors (Lipinski definition) is 3. The highest BCUT2D eigenvalue weighted by Gasteiger charge is 2.14. The Balaban J connectivity index is 2.08. The lowest BCUT2D eigenvalue weighted by molar-refractivity contribution is 0.0810. The van der Waals surface area contributed by atoms with Crippen molar-refractivity contribution >= 4 is 35.0 Å². The van der Waals surface area contributed by atoms with Crippen molar-refractivity contribution in [2.75, 3.05) is 6.61 Å². The van der Waals surface area contributed by atoms with Crippen molar-refractivity contribution in [1.82, 2.24) is 14.8 Å². The van der Waals surface area contributed by atoms with E-state index in [1.54, 1.807) is 0 Å². The number of fused-ring (bicyclic) bond motifs is 1. The second kappa shape index (κ2) is 5.72. The Morgan fingerprint density at radius 2 is 2.11 bits per heavy atom. The predicted molar refractivity (Wildman–Crippen MR) is 84.1 cm³/mol. The van der Waals surface area contributed by atoms with Crippen LogP contribution in [0.5, 0.6) is 0 Å².